The van der Waals surface area contributed by atoms with E-state index in [0.717, 1.165) is 35.3 Å². The Morgan fingerprint density at radius 2 is 0.941 bits per heavy atom. The summed E-state index contributed by atoms with van der Waals surface area (Å²) < 4.78 is 8.04. The number of nitrogens with zero attached hydrogens (tertiary/aromatic N) is 2. The molecule has 0 aromatic carbocycles. The van der Waals surface area contributed by atoms with Gasteiger partial charge in [0.15, 0.2) is 0 Å². The van der Waals surface area contributed by atoms with Gasteiger partial charge in [0.05, 0.1) is 53.5 Å². The van der Waals surface area contributed by atoms with Crippen LogP contribution in [0.1, 0.15) is 27.7 Å². The first kappa shape index (κ1) is 16.9. The first-order valence-corrected chi connectivity index (χ1v) is 7.20. The van der Waals surface area contributed by atoms with E-state index < -0.39 is 0 Å². The van der Waals surface area contributed by atoms with E-state index in [4.69, 9.17) is 4.74 Å². The Hall–Kier alpha value is -0.120. The van der Waals surface area contributed by atoms with Crippen LogP contribution in [0.4, 0.5) is 0 Å². The first-order valence-electron chi connectivity index (χ1n) is 7.20. The summed E-state index contributed by atoms with van der Waals surface area (Å²) in [4.78, 5) is 0. The molecule has 0 aliphatic rings. The number of hydrogen-bond acceptors (Lipinski definition) is 1. The third-order valence-electron chi connectivity index (χ3n) is 4.60. The highest BCUT2D eigenvalue weighted by Crippen LogP contribution is 2.02. The van der Waals surface area contributed by atoms with Gasteiger partial charge in [0.2, 0.25) is 0 Å². The van der Waals surface area contributed by atoms with Crippen molar-refractivity contribution < 1.29 is 13.7 Å². The first-order chi connectivity index (χ1) is 7.95. The molecule has 3 nitrogen and oxygen atoms in total. The molecule has 0 aliphatic heterocycles. The molecule has 0 aromatic heterocycles. The lowest BCUT2D eigenvalue weighted by Gasteiger charge is -2.33. The summed E-state index contributed by atoms with van der Waals surface area (Å²) in [5, 5.41) is 0. The third-order valence-corrected chi connectivity index (χ3v) is 4.60. The van der Waals surface area contributed by atoms with Crippen molar-refractivity contribution in [3.05, 3.63) is 0 Å². The van der Waals surface area contributed by atoms with Gasteiger partial charge in [-0.3, -0.25) is 0 Å². The minimum atomic E-state index is 0.894. The molecule has 0 saturated heterocycles. The lowest BCUT2D eigenvalue weighted by molar-refractivity contribution is -0.909. The van der Waals surface area contributed by atoms with Gasteiger partial charge in [-0.2, -0.15) is 0 Å². The van der Waals surface area contributed by atoms with Crippen LogP contribution in [0.5, 0.6) is 0 Å². The Balaban J connectivity index is 3.72. The number of rotatable bonds is 10. The fourth-order valence-corrected chi connectivity index (χ4v) is 1.75. The van der Waals surface area contributed by atoms with E-state index in [-0.39, 0.29) is 0 Å². The predicted molar refractivity (Wildman–Crippen MR) is 75.1 cm³/mol. The average molecular weight is 246 g/mol. The number of ether oxygens (including phenoxy) is 1. The van der Waals surface area contributed by atoms with Crippen molar-refractivity contribution >= 4 is 0 Å². The normalized spacial score (nSPS) is 13.1. The molecule has 17 heavy (non-hydrogen) atoms. The largest absolute Gasteiger partial charge is 0.370 e. The van der Waals surface area contributed by atoms with Crippen LogP contribution in [0, 0.1) is 0 Å². The summed E-state index contributed by atoms with van der Waals surface area (Å²) in [7, 11) is 4.61. The summed E-state index contributed by atoms with van der Waals surface area (Å²) in [6.45, 7) is 17.8. The highest BCUT2D eigenvalue weighted by atomic mass is 16.5. The van der Waals surface area contributed by atoms with Gasteiger partial charge in [0, 0.05) is 0 Å². The summed E-state index contributed by atoms with van der Waals surface area (Å²) in [5.74, 6) is 0. The van der Waals surface area contributed by atoms with Gasteiger partial charge in [-0.05, 0) is 27.7 Å². The Morgan fingerprint density at radius 1 is 0.647 bits per heavy atom. The van der Waals surface area contributed by atoms with Crippen molar-refractivity contribution in [2.45, 2.75) is 27.7 Å². The molecule has 0 spiro atoms. The monoisotopic (exact) mass is 246 g/mol. The van der Waals surface area contributed by atoms with Crippen LogP contribution < -0.4 is 0 Å². The Labute approximate surface area is 109 Å². The predicted octanol–water partition coefficient (Wildman–Crippen LogP) is 1.98. The van der Waals surface area contributed by atoms with Crippen molar-refractivity contribution in [2.24, 2.45) is 0 Å². The van der Waals surface area contributed by atoms with Crippen LogP contribution in [-0.2, 0) is 4.74 Å². The molecule has 0 heterocycles. The second-order valence-electron chi connectivity index (χ2n) is 5.56. The van der Waals surface area contributed by atoms with Crippen molar-refractivity contribution in [1.82, 2.24) is 0 Å². The number of hydrogen-bond donors (Lipinski definition) is 0. The van der Waals surface area contributed by atoms with Crippen molar-refractivity contribution in [3.8, 4) is 0 Å². The van der Waals surface area contributed by atoms with Gasteiger partial charge < -0.3 is 13.7 Å². The van der Waals surface area contributed by atoms with Crippen molar-refractivity contribution in [3.63, 3.8) is 0 Å². The van der Waals surface area contributed by atoms with E-state index in [9.17, 15) is 0 Å². The zero-order valence-electron chi connectivity index (χ0n) is 13.0. The SMILES string of the molecule is CC[N+](C)(CC)CCOCC[N+](C)(CC)CC. The molecular weight excluding hydrogens is 212 g/mol. The molecule has 0 aliphatic carbocycles. The molecular formula is C14H34N2O+2. The van der Waals surface area contributed by atoms with Gasteiger partial charge in [-0.15, -0.1) is 0 Å². The zero-order valence-corrected chi connectivity index (χ0v) is 13.0. The standard InChI is InChI=1S/C14H34N2O/c1-7-15(5,8-2)11-13-17-14-12-16(6,9-3)10-4/h7-14H2,1-6H3/q+2. The molecule has 0 N–H and O–H groups in total. The second-order valence-corrected chi connectivity index (χ2v) is 5.56. The van der Waals surface area contributed by atoms with E-state index in [1.54, 1.807) is 0 Å². The maximum absolute atomic E-state index is 5.80. The molecule has 0 bridgehead atoms. The highest BCUT2D eigenvalue weighted by Gasteiger charge is 2.17. The Kier molecular flexibility index (Phi) is 8.01. The number of likely N-dealkylation sites (N-methyl/N-ethyl adjacent to an activating group) is 2. The molecule has 104 valence electrons. The van der Waals surface area contributed by atoms with Crippen molar-refractivity contribution in [2.75, 3.05) is 66.6 Å². The topological polar surface area (TPSA) is 9.23 Å². The third kappa shape index (κ3) is 6.39. The molecule has 3 heteroatoms. The van der Waals surface area contributed by atoms with Crippen LogP contribution in [0.15, 0.2) is 0 Å². The van der Waals surface area contributed by atoms with Crippen LogP contribution in [-0.4, -0.2) is 75.5 Å². The minimum absolute atomic E-state index is 0.894. The van der Waals surface area contributed by atoms with E-state index in [2.05, 4.69) is 41.8 Å². The molecule has 0 saturated carbocycles. The van der Waals surface area contributed by atoms with Crippen LogP contribution in [0.25, 0.3) is 0 Å². The van der Waals surface area contributed by atoms with Gasteiger partial charge in [0.25, 0.3) is 0 Å². The fourth-order valence-electron chi connectivity index (χ4n) is 1.75. The van der Waals surface area contributed by atoms with Crippen LogP contribution in [0.2, 0.25) is 0 Å². The quantitative estimate of drug-likeness (QED) is 0.423. The Morgan fingerprint density at radius 3 is 1.18 bits per heavy atom. The van der Waals surface area contributed by atoms with Gasteiger partial charge in [-0.25, -0.2) is 0 Å². The maximum Gasteiger partial charge on any atom is 0.102 e. The molecule has 0 fully saturated rings. The summed E-state index contributed by atoms with van der Waals surface area (Å²) in [6, 6.07) is 0. The van der Waals surface area contributed by atoms with Gasteiger partial charge in [-0.1, -0.05) is 0 Å². The van der Waals surface area contributed by atoms with E-state index in [0.29, 0.717) is 0 Å². The van der Waals surface area contributed by atoms with E-state index in [1.165, 1.54) is 26.2 Å². The lowest BCUT2D eigenvalue weighted by atomic mass is 10.4. The second kappa shape index (κ2) is 8.06. The van der Waals surface area contributed by atoms with Crippen LogP contribution >= 0.6 is 0 Å². The van der Waals surface area contributed by atoms with E-state index in [1.807, 2.05) is 0 Å². The van der Waals surface area contributed by atoms with E-state index >= 15 is 0 Å². The maximum atomic E-state index is 5.80. The lowest BCUT2D eigenvalue weighted by Crippen LogP contribution is -2.47. The smallest absolute Gasteiger partial charge is 0.102 e. The molecule has 0 atom stereocenters. The van der Waals surface area contributed by atoms with Gasteiger partial charge >= 0.3 is 0 Å². The summed E-state index contributed by atoms with van der Waals surface area (Å²) in [5.41, 5.74) is 0. The van der Waals surface area contributed by atoms with Crippen molar-refractivity contribution in [1.29, 1.82) is 0 Å². The summed E-state index contributed by atoms with van der Waals surface area (Å²) >= 11 is 0. The highest BCUT2D eigenvalue weighted by molar-refractivity contribution is 4.38. The molecule has 0 amide bonds. The number of quaternary nitrogens is 2. The van der Waals surface area contributed by atoms with Crippen LogP contribution in [0.3, 0.4) is 0 Å². The minimum Gasteiger partial charge on any atom is -0.370 e. The summed E-state index contributed by atoms with van der Waals surface area (Å²) in [6.07, 6.45) is 0. The molecule has 0 radical (unpaired) electrons. The fraction of sp³-hybridized carbons (Fsp3) is 1.00. The van der Waals surface area contributed by atoms with Gasteiger partial charge in [0.1, 0.15) is 13.1 Å². The Bertz CT molecular complexity index is 167. The molecule has 0 unspecified atom stereocenters. The molecule has 0 aromatic rings. The molecule has 0 rings (SSSR count). The average Bonchev–Trinajstić information content (AvgIpc) is 2.37. The zero-order chi connectivity index (χ0) is 13.4.